The van der Waals surface area contributed by atoms with Crippen LogP contribution in [0.2, 0.25) is 0 Å². The van der Waals surface area contributed by atoms with Gasteiger partial charge >= 0.3 is 6.09 Å². The van der Waals surface area contributed by atoms with E-state index in [9.17, 15) is 20.0 Å². The summed E-state index contributed by atoms with van der Waals surface area (Å²) in [6.45, 7) is 7.94. The lowest BCUT2D eigenvalue weighted by Crippen LogP contribution is -2.36. The van der Waals surface area contributed by atoms with Gasteiger partial charge in [0.15, 0.2) is 5.84 Å². The minimum Gasteiger partial charge on any atom is -0.483 e. The smallest absolute Gasteiger partial charge is 0.445 e. The van der Waals surface area contributed by atoms with Crippen molar-refractivity contribution in [1.82, 2.24) is 14.7 Å². The van der Waals surface area contributed by atoms with Crippen LogP contribution in [-0.4, -0.2) is 73.1 Å². The number of hydrogen-bond acceptors (Lipinski definition) is 11. The molecule has 0 saturated carbocycles. The number of aliphatic hydroxyl groups is 1. The molecular weight excluding hydrogens is 618 g/mol. The zero-order valence-electron chi connectivity index (χ0n) is 26.3. The number of benzene rings is 2. The average Bonchev–Trinajstić information content (AvgIpc) is 3.32. The number of thioether (sulfide) groups is 1. The average molecular weight is 660 g/mol. The summed E-state index contributed by atoms with van der Waals surface area (Å²) in [6.07, 6.45) is 0.866. The van der Waals surface area contributed by atoms with Gasteiger partial charge in [-0.25, -0.2) is 15.6 Å². The predicted octanol–water partition coefficient (Wildman–Crippen LogP) is 3.66. The summed E-state index contributed by atoms with van der Waals surface area (Å²) in [5.41, 5.74) is 10.2. The molecule has 16 heteroatoms. The van der Waals surface area contributed by atoms with Crippen LogP contribution in [-0.2, 0) is 32.9 Å². The van der Waals surface area contributed by atoms with Crippen LogP contribution in [0.15, 0.2) is 53.6 Å². The number of aromatic nitrogens is 2. The molecule has 0 aliphatic carbocycles. The largest absolute Gasteiger partial charge is 0.483 e. The summed E-state index contributed by atoms with van der Waals surface area (Å²) < 4.78 is 7.24. The van der Waals surface area contributed by atoms with Crippen LogP contribution in [0, 0.1) is 17.0 Å². The maximum absolute atomic E-state index is 12.2. The van der Waals surface area contributed by atoms with E-state index in [1.165, 1.54) is 11.8 Å². The summed E-state index contributed by atoms with van der Waals surface area (Å²) in [7, 11) is 0. The van der Waals surface area contributed by atoms with Gasteiger partial charge in [0.2, 0.25) is 0 Å². The molecule has 15 nitrogen and oxygen atoms in total. The number of imidazole rings is 1. The van der Waals surface area contributed by atoms with Crippen LogP contribution in [0.4, 0.5) is 4.79 Å². The van der Waals surface area contributed by atoms with Gasteiger partial charge in [-0.15, -0.1) is 20.3 Å². The van der Waals surface area contributed by atoms with Gasteiger partial charge in [0, 0.05) is 35.7 Å². The predicted molar refractivity (Wildman–Crippen MR) is 174 cm³/mol. The van der Waals surface area contributed by atoms with Gasteiger partial charge in [0.1, 0.15) is 24.6 Å². The molecule has 1 aromatic heterocycles. The number of ether oxygens (including phenoxy) is 1. The number of aryl methyl sites for hydroxylation is 1. The number of carboxylic acid groups (broad SMARTS) is 1. The monoisotopic (exact) mass is 659 g/mol. The highest BCUT2D eigenvalue weighted by Gasteiger charge is 2.25. The maximum Gasteiger partial charge on any atom is 0.445 e. The van der Waals surface area contributed by atoms with Gasteiger partial charge in [-0.1, -0.05) is 55.5 Å². The van der Waals surface area contributed by atoms with E-state index >= 15 is 0 Å². The Balaban J connectivity index is 0.00000236. The van der Waals surface area contributed by atoms with Crippen molar-refractivity contribution in [3.05, 3.63) is 87.0 Å². The van der Waals surface area contributed by atoms with E-state index in [-0.39, 0.29) is 25.5 Å². The lowest BCUT2D eigenvalue weighted by Gasteiger charge is -2.16. The number of carbonyl (C=O) groups is 2. The lowest BCUT2D eigenvalue weighted by atomic mass is 9.98. The lowest BCUT2D eigenvalue weighted by molar-refractivity contribution is -0.756. The van der Waals surface area contributed by atoms with E-state index in [2.05, 4.69) is 21.4 Å². The Morgan fingerprint density at radius 3 is 2.43 bits per heavy atom. The highest BCUT2D eigenvalue weighted by atomic mass is 32.2. The van der Waals surface area contributed by atoms with Crippen molar-refractivity contribution >= 4 is 30.2 Å². The Bertz CT molecular complexity index is 1470. The van der Waals surface area contributed by atoms with Gasteiger partial charge in [0.25, 0.3) is 11.6 Å². The fourth-order valence-corrected chi connectivity index (χ4v) is 5.06. The van der Waals surface area contributed by atoms with Crippen molar-refractivity contribution in [2.45, 2.75) is 52.7 Å². The number of hydrogen-bond donors (Lipinski definition) is 4. The van der Waals surface area contributed by atoms with Crippen molar-refractivity contribution in [3.8, 4) is 11.1 Å². The zero-order chi connectivity index (χ0) is 34.3. The fraction of sp³-hybridized carbons (Fsp3) is 0.400. The van der Waals surface area contributed by atoms with Crippen LogP contribution in [0.25, 0.3) is 11.1 Å². The van der Waals surface area contributed by atoms with Crippen molar-refractivity contribution in [3.63, 3.8) is 0 Å². The van der Waals surface area contributed by atoms with Crippen LogP contribution < -0.4 is 11.6 Å². The Morgan fingerprint density at radius 2 is 1.83 bits per heavy atom. The van der Waals surface area contributed by atoms with Crippen molar-refractivity contribution in [2.24, 2.45) is 16.7 Å². The summed E-state index contributed by atoms with van der Waals surface area (Å²) in [5.74, 6) is 7.53. The number of hydrazine groups is 1. The summed E-state index contributed by atoms with van der Waals surface area (Å²) in [4.78, 5) is 39.7. The maximum atomic E-state index is 12.2. The molecule has 0 unspecified atom stereocenters. The third-order valence-corrected chi connectivity index (χ3v) is 7.35. The second kappa shape index (κ2) is 18.3. The van der Waals surface area contributed by atoms with Crippen molar-refractivity contribution in [1.29, 1.82) is 0 Å². The van der Waals surface area contributed by atoms with Crippen LogP contribution in [0.5, 0.6) is 0 Å². The third kappa shape index (κ3) is 11.4. The first-order valence-corrected chi connectivity index (χ1v) is 15.5. The van der Waals surface area contributed by atoms with Crippen LogP contribution >= 0.6 is 11.8 Å². The SMILES string of the molecule is CCCc1nc(C(C)(C)O)c(C)n1Cc1ccc(-c2ccccc2/C(N)=N/N(N)C(=O)OCCSCCO[N+](=O)[O-])cc1.O=CO. The van der Waals surface area contributed by atoms with Crippen molar-refractivity contribution < 1.29 is 34.5 Å². The summed E-state index contributed by atoms with van der Waals surface area (Å²) >= 11 is 1.32. The number of nitrogens with zero attached hydrogens (tertiary/aromatic N) is 5. The van der Waals surface area contributed by atoms with E-state index < -0.39 is 16.8 Å². The standard InChI is InChI=1S/C29H39N7O6S.CH2O2/c1-5-8-25-32-26(29(3,4)38)20(2)34(25)19-21-11-13-22(14-12-21)23-9-6-7-10-24(23)27(30)33-35(31)28(37)41-15-17-43-18-16-42-36(39)40;2-1-3/h6-7,9-14,38H,5,8,15-19,31H2,1-4H3,(H2,30,33);1H,(H,2,3). The number of rotatable bonds is 15. The molecule has 0 aliphatic rings. The molecule has 0 spiro atoms. The van der Waals surface area contributed by atoms with E-state index in [0.29, 0.717) is 34.4 Å². The second-order valence-corrected chi connectivity index (χ2v) is 11.5. The highest BCUT2D eigenvalue weighted by Crippen LogP contribution is 2.27. The fourth-order valence-electron chi connectivity index (χ4n) is 4.46. The summed E-state index contributed by atoms with van der Waals surface area (Å²) in [5, 5.41) is 31.3. The molecule has 1 amide bonds. The molecule has 46 heavy (non-hydrogen) atoms. The molecule has 0 fully saturated rings. The number of amidine groups is 1. The topological polar surface area (TPSA) is 222 Å². The normalized spacial score (nSPS) is 11.3. The number of nitrogens with two attached hydrogens (primary N) is 2. The second-order valence-electron chi connectivity index (χ2n) is 10.3. The van der Waals surface area contributed by atoms with E-state index in [1.54, 1.807) is 19.9 Å². The quantitative estimate of drug-likeness (QED) is 0.0268. The Labute approximate surface area is 271 Å². The number of hydrazone groups is 1. The van der Waals surface area contributed by atoms with Gasteiger partial charge in [-0.05, 0) is 43.9 Å². The minimum absolute atomic E-state index is 0.0304. The molecule has 6 N–H and O–H groups in total. The first-order chi connectivity index (χ1) is 21.8. The van der Waals surface area contributed by atoms with Gasteiger partial charge in [0.05, 0.1) is 5.69 Å². The molecule has 250 valence electrons. The molecule has 0 aliphatic heterocycles. The molecular formula is C30H41N7O8S. The molecule has 0 atom stereocenters. The van der Waals surface area contributed by atoms with E-state index in [4.69, 9.17) is 31.2 Å². The Morgan fingerprint density at radius 1 is 1.20 bits per heavy atom. The molecule has 3 rings (SSSR count). The molecule has 0 saturated heterocycles. The third-order valence-electron chi connectivity index (χ3n) is 6.44. The molecule has 0 bridgehead atoms. The Hall–Kier alpha value is -4.67. The molecule has 2 aromatic carbocycles. The molecule has 0 radical (unpaired) electrons. The van der Waals surface area contributed by atoms with Crippen LogP contribution in [0.1, 0.15) is 55.5 Å². The van der Waals surface area contributed by atoms with E-state index in [1.807, 2.05) is 49.4 Å². The molecule has 3 aromatic rings. The van der Waals surface area contributed by atoms with Crippen molar-refractivity contribution in [2.75, 3.05) is 24.7 Å². The van der Waals surface area contributed by atoms with E-state index in [0.717, 1.165) is 41.1 Å². The van der Waals surface area contributed by atoms with Gasteiger partial charge in [-0.2, -0.15) is 11.8 Å². The first-order valence-electron chi connectivity index (χ1n) is 14.3. The van der Waals surface area contributed by atoms with Gasteiger partial charge < -0.3 is 30.1 Å². The minimum atomic E-state index is -1.03. The number of carbonyl (C=O) groups excluding carboxylic acids is 1. The first kappa shape index (κ1) is 37.5. The Kier molecular flexibility index (Phi) is 15.0. The zero-order valence-corrected chi connectivity index (χ0v) is 27.1. The summed E-state index contributed by atoms with van der Waals surface area (Å²) in [6, 6.07) is 15.4. The number of amides is 1. The highest BCUT2D eigenvalue weighted by molar-refractivity contribution is 7.99. The van der Waals surface area contributed by atoms with Crippen LogP contribution in [0.3, 0.4) is 0 Å². The molecule has 1 heterocycles. The van der Waals surface area contributed by atoms with Gasteiger partial charge in [-0.3, -0.25) is 4.79 Å².